The van der Waals surface area contributed by atoms with Crippen LogP contribution in [0.1, 0.15) is 25.0 Å². The molecular weight excluding hydrogens is 198 g/mol. The molecule has 0 amide bonds. The lowest BCUT2D eigenvalue weighted by molar-refractivity contribution is 0.142. The molecule has 0 bridgehead atoms. The first-order valence-corrected chi connectivity index (χ1v) is 4.83. The Bertz CT molecular complexity index is 336. The summed E-state index contributed by atoms with van der Waals surface area (Å²) in [4.78, 5) is 0. The number of aryl methyl sites for hydroxylation is 1. The summed E-state index contributed by atoms with van der Waals surface area (Å²) in [5, 5.41) is 0. The van der Waals surface area contributed by atoms with E-state index in [0.29, 0.717) is 5.56 Å². The number of rotatable bonds is 3. The normalized spacial score (nSPS) is 11.9. The van der Waals surface area contributed by atoms with Crippen LogP contribution in [0.5, 0.6) is 0 Å². The molecule has 84 valence electrons. The summed E-state index contributed by atoms with van der Waals surface area (Å²) in [6.45, 7) is 5.46. The van der Waals surface area contributed by atoms with Gasteiger partial charge in [-0.3, -0.25) is 0 Å². The molecular formula is C12H16F2O. The predicted octanol–water partition coefficient (Wildman–Crippen LogP) is 3.20. The third kappa shape index (κ3) is 2.53. The van der Waals surface area contributed by atoms with Gasteiger partial charge in [0.25, 0.3) is 0 Å². The maximum Gasteiger partial charge on any atom is 0.130 e. The van der Waals surface area contributed by atoms with E-state index < -0.39 is 17.0 Å². The first-order chi connectivity index (χ1) is 6.88. The van der Waals surface area contributed by atoms with E-state index in [1.54, 1.807) is 20.8 Å². The average Bonchev–Trinajstić information content (AvgIpc) is 1.99. The Morgan fingerprint density at radius 3 is 2.07 bits per heavy atom. The van der Waals surface area contributed by atoms with Crippen molar-refractivity contribution in [3.63, 3.8) is 0 Å². The lowest BCUT2D eigenvalue weighted by atomic mass is 9.84. The highest BCUT2D eigenvalue weighted by atomic mass is 19.1. The minimum absolute atomic E-state index is 0.0925. The monoisotopic (exact) mass is 214 g/mol. The van der Waals surface area contributed by atoms with Gasteiger partial charge in [-0.15, -0.1) is 0 Å². The van der Waals surface area contributed by atoms with Crippen molar-refractivity contribution in [3.8, 4) is 0 Å². The fourth-order valence-corrected chi connectivity index (χ4v) is 1.78. The van der Waals surface area contributed by atoms with Crippen LogP contribution in [0.25, 0.3) is 0 Å². The number of hydrogen-bond acceptors (Lipinski definition) is 1. The van der Waals surface area contributed by atoms with Crippen LogP contribution in [0, 0.1) is 18.6 Å². The van der Waals surface area contributed by atoms with E-state index >= 15 is 0 Å². The topological polar surface area (TPSA) is 9.23 Å². The van der Waals surface area contributed by atoms with Crippen LogP contribution in [-0.4, -0.2) is 13.7 Å². The fraction of sp³-hybridized carbons (Fsp3) is 0.500. The molecule has 0 aliphatic rings. The Hall–Kier alpha value is -0.960. The molecule has 1 aromatic rings. The van der Waals surface area contributed by atoms with E-state index in [1.807, 2.05) is 0 Å². The van der Waals surface area contributed by atoms with Crippen molar-refractivity contribution in [1.29, 1.82) is 0 Å². The molecule has 1 aromatic carbocycles. The molecule has 0 unspecified atom stereocenters. The Balaban J connectivity index is 3.24. The first kappa shape index (κ1) is 12.1. The average molecular weight is 214 g/mol. The van der Waals surface area contributed by atoms with Gasteiger partial charge in [0.15, 0.2) is 0 Å². The smallest absolute Gasteiger partial charge is 0.130 e. The second-order valence-electron chi connectivity index (χ2n) is 4.42. The zero-order chi connectivity index (χ0) is 11.6. The quantitative estimate of drug-likeness (QED) is 0.750. The molecule has 0 atom stereocenters. The lowest BCUT2D eigenvalue weighted by Gasteiger charge is -2.25. The summed E-state index contributed by atoms with van der Waals surface area (Å²) < 4.78 is 32.2. The van der Waals surface area contributed by atoms with E-state index in [2.05, 4.69) is 0 Å². The summed E-state index contributed by atoms with van der Waals surface area (Å²) in [5.74, 6) is -1.01. The molecule has 0 heterocycles. The standard InChI is InChI=1S/C12H16F2O/c1-8-5-9(13)11(10(14)6-8)12(2,3)7-15-4/h5-6H,7H2,1-4H3. The highest BCUT2D eigenvalue weighted by Gasteiger charge is 2.28. The summed E-state index contributed by atoms with van der Waals surface area (Å²) in [6, 6.07) is 2.69. The van der Waals surface area contributed by atoms with Crippen molar-refractivity contribution in [1.82, 2.24) is 0 Å². The van der Waals surface area contributed by atoms with Crippen molar-refractivity contribution in [2.45, 2.75) is 26.2 Å². The van der Waals surface area contributed by atoms with Crippen LogP contribution in [0.15, 0.2) is 12.1 Å². The first-order valence-electron chi connectivity index (χ1n) is 4.83. The predicted molar refractivity (Wildman–Crippen MR) is 56.0 cm³/mol. The molecule has 0 N–H and O–H groups in total. The van der Waals surface area contributed by atoms with Gasteiger partial charge < -0.3 is 4.74 Å². The van der Waals surface area contributed by atoms with Gasteiger partial charge >= 0.3 is 0 Å². The van der Waals surface area contributed by atoms with Crippen LogP contribution in [0.2, 0.25) is 0 Å². The van der Waals surface area contributed by atoms with Crippen molar-refractivity contribution < 1.29 is 13.5 Å². The van der Waals surface area contributed by atoms with E-state index in [9.17, 15) is 8.78 Å². The van der Waals surface area contributed by atoms with Gasteiger partial charge in [-0.2, -0.15) is 0 Å². The second-order valence-corrected chi connectivity index (χ2v) is 4.42. The van der Waals surface area contributed by atoms with Crippen molar-refractivity contribution >= 4 is 0 Å². The van der Waals surface area contributed by atoms with Crippen molar-refractivity contribution in [2.75, 3.05) is 13.7 Å². The summed E-state index contributed by atoms with van der Waals surface area (Å²) in [7, 11) is 1.52. The van der Waals surface area contributed by atoms with E-state index in [1.165, 1.54) is 19.2 Å². The number of ether oxygens (including phenoxy) is 1. The lowest BCUT2D eigenvalue weighted by Crippen LogP contribution is -2.26. The molecule has 0 saturated heterocycles. The molecule has 0 aliphatic heterocycles. The van der Waals surface area contributed by atoms with Crippen LogP contribution in [-0.2, 0) is 10.2 Å². The molecule has 0 aromatic heterocycles. The van der Waals surface area contributed by atoms with Crippen molar-refractivity contribution in [2.24, 2.45) is 0 Å². The zero-order valence-electron chi connectivity index (χ0n) is 9.53. The Labute approximate surface area is 89.1 Å². The van der Waals surface area contributed by atoms with Gasteiger partial charge in [-0.25, -0.2) is 8.78 Å². The third-order valence-electron chi connectivity index (χ3n) is 2.37. The SMILES string of the molecule is COCC(C)(C)c1c(F)cc(C)cc1F. The molecule has 15 heavy (non-hydrogen) atoms. The summed E-state index contributed by atoms with van der Waals surface area (Å²) >= 11 is 0. The molecule has 0 saturated carbocycles. The highest BCUT2D eigenvalue weighted by molar-refractivity contribution is 5.31. The number of benzene rings is 1. The number of methoxy groups -OCH3 is 1. The minimum Gasteiger partial charge on any atom is -0.384 e. The number of hydrogen-bond donors (Lipinski definition) is 0. The summed E-state index contributed by atoms with van der Waals surface area (Å²) in [5.41, 5.74) is 0.0216. The van der Waals surface area contributed by atoms with Gasteiger partial charge in [0.1, 0.15) is 11.6 Å². The maximum absolute atomic E-state index is 13.6. The van der Waals surface area contributed by atoms with Gasteiger partial charge in [0, 0.05) is 18.1 Å². The molecule has 1 nitrogen and oxygen atoms in total. The van der Waals surface area contributed by atoms with E-state index in [-0.39, 0.29) is 12.2 Å². The zero-order valence-corrected chi connectivity index (χ0v) is 9.53. The Morgan fingerprint density at radius 1 is 1.20 bits per heavy atom. The van der Waals surface area contributed by atoms with Gasteiger partial charge in [0.05, 0.1) is 6.61 Å². The van der Waals surface area contributed by atoms with Gasteiger partial charge in [-0.1, -0.05) is 13.8 Å². The molecule has 0 fully saturated rings. The van der Waals surface area contributed by atoms with Gasteiger partial charge in [-0.05, 0) is 24.6 Å². The van der Waals surface area contributed by atoms with Crippen LogP contribution in [0.4, 0.5) is 8.78 Å². The van der Waals surface area contributed by atoms with E-state index in [4.69, 9.17) is 4.74 Å². The second kappa shape index (κ2) is 4.27. The molecule has 3 heteroatoms. The fourth-order valence-electron chi connectivity index (χ4n) is 1.78. The largest absolute Gasteiger partial charge is 0.384 e. The molecule has 1 rings (SSSR count). The van der Waals surface area contributed by atoms with E-state index in [0.717, 1.165) is 0 Å². The Morgan fingerprint density at radius 2 is 1.67 bits per heavy atom. The minimum atomic E-state index is -0.656. The van der Waals surface area contributed by atoms with Crippen molar-refractivity contribution in [3.05, 3.63) is 34.9 Å². The van der Waals surface area contributed by atoms with Crippen LogP contribution < -0.4 is 0 Å². The molecule has 0 spiro atoms. The maximum atomic E-state index is 13.6. The summed E-state index contributed by atoms with van der Waals surface area (Å²) in [6.07, 6.45) is 0. The number of halogens is 2. The Kier molecular flexibility index (Phi) is 3.45. The third-order valence-corrected chi connectivity index (χ3v) is 2.37. The molecule has 0 radical (unpaired) electrons. The van der Waals surface area contributed by atoms with Crippen LogP contribution >= 0.6 is 0 Å². The molecule has 0 aliphatic carbocycles. The van der Waals surface area contributed by atoms with Gasteiger partial charge in [0.2, 0.25) is 0 Å². The van der Waals surface area contributed by atoms with Crippen LogP contribution in [0.3, 0.4) is 0 Å². The highest BCUT2D eigenvalue weighted by Crippen LogP contribution is 2.29.